The predicted octanol–water partition coefficient (Wildman–Crippen LogP) is 8.77. The zero-order chi connectivity index (χ0) is 24.9. The molecule has 0 fully saturated rings. The normalized spacial score (nSPS) is 12.4. The van der Waals surface area contributed by atoms with E-state index in [1.165, 1.54) is 96.0 Å². The van der Waals surface area contributed by atoms with Gasteiger partial charge in [-0.25, -0.2) is 8.78 Å². The molecule has 0 aliphatic rings. The van der Waals surface area contributed by atoms with Crippen LogP contribution in [0.3, 0.4) is 0 Å². The number of benzene rings is 1. The van der Waals surface area contributed by atoms with Gasteiger partial charge in [0.05, 0.1) is 19.8 Å². The van der Waals surface area contributed by atoms with Crippen molar-refractivity contribution in [3.8, 4) is 0 Å². The average Bonchev–Trinajstić information content (AvgIpc) is 2.84. The summed E-state index contributed by atoms with van der Waals surface area (Å²) >= 11 is 5.57. The first kappa shape index (κ1) is 31.3. The fourth-order valence-electron chi connectivity index (χ4n) is 4.01. The lowest BCUT2D eigenvalue weighted by Gasteiger charge is -2.16. The molecule has 0 amide bonds. The van der Waals surface area contributed by atoms with Gasteiger partial charge in [-0.1, -0.05) is 121 Å². The Labute approximate surface area is 211 Å². The highest BCUT2D eigenvalue weighted by atomic mass is 35.5. The Kier molecular flexibility index (Phi) is 19.8. The minimum absolute atomic E-state index is 0.0978. The summed E-state index contributed by atoms with van der Waals surface area (Å²) in [6.07, 6.45) is 20.7. The van der Waals surface area contributed by atoms with E-state index in [4.69, 9.17) is 21.1 Å². The molecule has 1 N–H and O–H groups in total. The Balaban J connectivity index is 1.89. The van der Waals surface area contributed by atoms with Gasteiger partial charge in [0.15, 0.2) is 0 Å². The lowest BCUT2D eigenvalue weighted by atomic mass is 10.0. The molecule has 0 saturated heterocycles. The molecule has 1 atom stereocenters. The Bertz CT molecular complexity index is 616. The van der Waals surface area contributed by atoms with E-state index in [0.717, 1.165) is 18.9 Å². The third-order valence-electron chi connectivity index (χ3n) is 6.24. The van der Waals surface area contributed by atoms with E-state index < -0.39 is 22.8 Å². The maximum Gasteiger partial charge on any atom is 0.150 e. The molecular formula is C28H47ClF2O3. The van der Waals surface area contributed by atoms with Crippen LogP contribution in [0.15, 0.2) is 12.1 Å². The molecule has 1 rings (SSSR count). The van der Waals surface area contributed by atoms with Crippen molar-refractivity contribution in [3.63, 3.8) is 0 Å². The Morgan fingerprint density at radius 1 is 0.794 bits per heavy atom. The maximum absolute atomic E-state index is 13.9. The molecule has 0 heterocycles. The van der Waals surface area contributed by atoms with Crippen molar-refractivity contribution in [2.75, 3.05) is 19.8 Å². The van der Waals surface area contributed by atoms with E-state index in [0.29, 0.717) is 6.61 Å². The van der Waals surface area contributed by atoms with Gasteiger partial charge in [-0.15, -0.1) is 0 Å². The van der Waals surface area contributed by atoms with E-state index in [9.17, 15) is 13.9 Å². The van der Waals surface area contributed by atoms with E-state index >= 15 is 0 Å². The lowest BCUT2D eigenvalue weighted by Crippen LogP contribution is -2.24. The van der Waals surface area contributed by atoms with Crippen molar-refractivity contribution in [1.82, 2.24) is 0 Å². The van der Waals surface area contributed by atoms with Gasteiger partial charge < -0.3 is 14.6 Å². The zero-order valence-corrected chi connectivity index (χ0v) is 22.0. The number of aliphatic hydroxyl groups excluding tert-OH is 1. The highest BCUT2D eigenvalue weighted by molar-refractivity contribution is 6.30. The molecule has 6 heteroatoms. The summed E-state index contributed by atoms with van der Waals surface area (Å²) in [5.74, 6) is -1.63. The van der Waals surface area contributed by atoms with Crippen LogP contribution in [0.25, 0.3) is 0 Å². The zero-order valence-electron chi connectivity index (χ0n) is 21.3. The van der Waals surface area contributed by atoms with E-state index in [1.807, 2.05) is 0 Å². The first-order valence-electron chi connectivity index (χ1n) is 13.5. The summed E-state index contributed by atoms with van der Waals surface area (Å²) in [4.78, 5) is 0. The minimum atomic E-state index is -0.826. The fraction of sp³-hybridized carbons (Fsp3) is 0.786. The monoisotopic (exact) mass is 504 g/mol. The molecule has 0 aliphatic carbocycles. The fourth-order valence-corrected chi connectivity index (χ4v) is 4.19. The van der Waals surface area contributed by atoms with Crippen LogP contribution < -0.4 is 0 Å². The highest BCUT2D eigenvalue weighted by Gasteiger charge is 2.14. The number of ether oxygens (including phenoxy) is 2. The van der Waals surface area contributed by atoms with E-state index in [2.05, 4.69) is 6.92 Å². The van der Waals surface area contributed by atoms with Crippen LogP contribution in [0.5, 0.6) is 0 Å². The molecule has 1 aromatic carbocycles. The van der Waals surface area contributed by atoms with Gasteiger partial charge in [0.1, 0.15) is 22.8 Å². The van der Waals surface area contributed by atoms with Gasteiger partial charge >= 0.3 is 0 Å². The first-order chi connectivity index (χ1) is 16.6. The van der Waals surface area contributed by atoms with Gasteiger partial charge in [0, 0.05) is 12.2 Å². The van der Waals surface area contributed by atoms with Gasteiger partial charge in [-0.05, 0) is 12.5 Å². The molecule has 0 aliphatic heterocycles. The summed E-state index contributed by atoms with van der Waals surface area (Å²) in [7, 11) is 0. The van der Waals surface area contributed by atoms with Gasteiger partial charge in [0.2, 0.25) is 0 Å². The van der Waals surface area contributed by atoms with Crippen LogP contribution in [-0.4, -0.2) is 31.0 Å². The molecule has 198 valence electrons. The minimum Gasteiger partial charge on any atom is -0.394 e. The third-order valence-corrected chi connectivity index (χ3v) is 6.59. The van der Waals surface area contributed by atoms with Crippen LogP contribution in [0, 0.1) is 11.6 Å². The number of halogens is 3. The molecule has 34 heavy (non-hydrogen) atoms. The average molecular weight is 505 g/mol. The number of hydrogen-bond acceptors (Lipinski definition) is 3. The van der Waals surface area contributed by atoms with Crippen LogP contribution in [0.4, 0.5) is 8.78 Å². The highest BCUT2D eigenvalue weighted by Crippen LogP contribution is 2.22. The Morgan fingerprint density at radius 3 is 1.79 bits per heavy atom. The number of aliphatic hydroxyl groups is 1. The summed E-state index contributed by atoms with van der Waals surface area (Å²) < 4.78 is 38.2. The standard InChI is InChI=1S/C28H47ClF2O3/c1-2-3-4-5-6-7-8-9-10-11-12-13-14-15-16-17-20-33-23-25(21-32)34-22-24-18-19-26(30)27(29)28(24)31/h18-19,25,32H,2-17,20-23H2,1H3. The first-order valence-corrected chi connectivity index (χ1v) is 13.9. The number of rotatable bonds is 23. The molecule has 0 spiro atoms. The Hall–Kier alpha value is -0.750. The summed E-state index contributed by atoms with van der Waals surface area (Å²) in [5, 5.41) is 8.89. The third kappa shape index (κ3) is 15.3. The molecule has 0 bridgehead atoms. The molecule has 3 nitrogen and oxygen atoms in total. The van der Waals surface area contributed by atoms with Crippen LogP contribution in [0.2, 0.25) is 5.02 Å². The molecule has 1 aromatic rings. The number of unbranched alkanes of at least 4 members (excludes halogenated alkanes) is 15. The van der Waals surface area contributed by atoms with Crippen molar-refractivity contribution < 1.29 is 23.4 Å². The van der Waals surface area contributed by atoms with Crippen LogP contribution >= 0.6 is 11.6 Å². The predicted molar refractivity (Wildman–Crippen MR) is 137 cm³/mol. The molecule has 0 radical (unpaired) electrons. The van der Waals surface area contributed by atoms with Crippen molar-refractivity contribution in [3.05, 3.63) is 34.4 Å². The molecule has 1 unspecified atom stereocenters. The summed E-state index contributed by atoms with van der Waals surface area (Å²) in [5.41, 5.74) is 0.155. The van der Waals surface area contributed by atoms with Crippen molar-refractivity contribution in [1.29, 1.82) is 0 Å². The van der Waals surface area contributed by atoms with E-state index in [-0.39, 0.29) is 25.4 Å². The maximum atomic E-state index is 13.9. The topological polar surface area (TPSA) is 38.7 Å². The quantitative estimate of drug-likeness (QED) is 0.119. The SMILES string of the molecule is CCCCCCCCCCCCCCCCCCOCC(CO)OCc1ccc(F)c(Cl)c1F. The van der Waals surface area contributed by atoms with E-state index in [1.54, 1.807) is 0 Å². The second kappa shape index (κ2) is 21.5. The van der Waals surface area contributed by atoms with Gasteiger partial charge in [0.25, 0.3) is 0 Å². The largest absolute Gasteiger partial charge is 0.394 e. The van der Waals surface area contributed by atoms with Crippen molar-refractivity contribution >= 4 is 11.6 Å². The molecular weight excluding hydrogens is 458 g/mol. The van der Waals surface area contributed by atoms with Crippen molar-refractivity contribution in [2.24, 2.45) is 0 Å². The smallest absolute Gasteiger partial charge is 0.150 e. The summed E-state index contributed by atoms with van der Waals surface area (Å²) in [6, 6.07) is 2.40. The van der Waals surface area contributed by atoms with Crippen LogP contribution in [-0.2, 0) is 16.1 Å². The Morgan fingerprint density at radius 2 is 1.29 bits per heavy atom. The second-order valence-electron chi connectivity index (χ2n) is 9.33. The lowest BCUT2D eigenvalue weighted by molar-refractivity contribution is -0.0509. The second-order valence-corrected chi connectivity index (χ2v) is 9.71. The van der Waals surface area contributed by atoms with Crippen LogP contribution in [0.1, 0.15) is 115 Å². The van der Waals surface area contributed by atoms with Gasteiger partial charge in [-0.3, -0.25) is 0 Å². The summed E-state index contributed by atoms with van der Waals surface area (Å²) in [6.45, 7) is 2.81. The van der Waals surface area contributed by atoms with Gasteiger partial charge in [-0.2, -0.15) is 0 Å². The molecule has 0 saturated carbocycles. The molecule has 0 aromatic heterocycles. The number of hydrogen-bond donors (Lipinski definition) is 1. The van der Waals surface area contributed by atoms with Crippen molar-refractivity contribution in [2.45, 2.75) is 122 Å².